The highest BCUT2D eigenvalue weighted by molar-refractivity contribution is 6.03. The largest absolute Gasteiger partial charge is 0.466 e. The molecule has 2 heterocycles. The van der Waals surface area contributed by atoms with Gasteiger partial charge in [0, 0.05) is 5.39 Å². The Labute approximate surface area is 114 Å². The van der Waals surface area contributed by atoms with Crippen LogP contribution < -0.4 is 10.1 Å². The average Bonchev–Trinajstić information content (AvgIpc) is 3.04. The molecule has 3 rings (SSSR count). The molecule has 0 aliphatic heterocycles. The fourth-order valence-corrected chi connectivity index (χ4v) is 1.84. The van der Waals surface area contributed by atoms with Gasteiger partial charge < -0.3 is 9.15 Å². The first-order valence-corrected chi connectivity index (χ1v) is 5.93. The fraction of sp³-hybridized carbons (Fsp3) is 0.154. The minimum atomic E-state index is -0.405. The molecule has 1 aromatic carbocycles. The normalized spacial score (nSPS) is 10.7. The van der Waals surface area contributed by atoms with Crippen LogP contribution in [0.15, 0.2) is 28.7 Å². The summed E-state index contributed by atoms with van der Waals surface area (Å²) in [5, 5.41) is 9.70. The van der Waals surface area contributed by atoms with Crippen LogP contribution in [0.25, 0.3) is 11.0 Å². The first-order valence-electron chi connectivity index (χ1n) is 5.93. The van der Waals surface area contributed by atoms with Crippen molar-refractivity contribution in [2.24, 2.45) is 0 Å². The number of hydrogen-bond donors (Lipinski definition) is 2. The highest BCUT2D eigenvalue weighted by atomic mass is 16.5. The molecule has 102 valence electrons. The van der Waals surface area contributed by atoms with E-state index in [0.29, 0.717) is 5.58 Å². The average molecular weight is 272 g/mol. The summed E-state index contributed by atoms with van der Waals surface area (Å²) in [7, 11) is 1.44. The second-order valence-corrected chi connectivity index (χ2v) is 4.28. The van der Waals surface area contributed by atoms with E-state index in [4.69, 9.17) is 9.15 Å². The molecule has 20 heavy (non-hydrogen) atoms. The minimum absolute atomic E-state index is 0.153. The number of carbonyl (C=O) groups excluding carboxylic acids is 1. The Kier molecular flexibility index (Phi) is 2.86. The van der Waals surface area contributed by atoms with E-state index < -0.39 is 5.91 Å². The standard InChI is InChI=1S/C13H12N4O3/c1-7-3-4-9-8(5-7)6-10(20-9)11(18)14-12-15-13(19-2)17-16-12/h3-6H,1-2H3,(H2,14,15,16,17,18). The van der Waals surface area contributed by atoms with Crippen LogP contribution in [-0.2, 0) is 0 Å². The van der Waals surface area contributed by atoms with Crippen molar-refractivity contribution in [2.75, 3.05) is 12.4 Å². The van der Waals surface area contributed by atoms with E-state index in [0.717, 1.165) is 10.9 Å². The van der Waals surface area contributed by atoms with Crippen LogP contribution in [0.4, 0.5) is 5.95 Å². The molecule has 7 nitrogen and oxygen atoms in total. The first-order chi connectivity index (χ1) is 9.65. The number of hydrogen-bond acceptors (Lipinski definition) is 5. The number of amides is 1. The van der Waals surface area contributed by atoms with Crippen LogP contribution in [0.2, 0.25) is 0 Å². The summed E-state index contributed by atoms with van der Waals surface area (Å²) in [6.45, 7) is 1.98. The molecule has 0 saturated heterocycles. The molecule has 0 aliphatic rings. The first kappa shape index (κ1) is 12.2. The number of ether oxygens (including phenoxy) is 1. The number of aryl methyl sites for hydroxylation is 1. The topological polar surface area (TPSA) is 93.0 Å². The van der Waals surface area contributed by atoms with Gasteiger partial charge in [0.15, 0.2) is 5.76 Å². The molecule has 0 radical (unpaired) electrons. The third-order valence-corrected chi connectivity index (χ3v) is 2.77. The van der Waals surface area contributed by atoms with E-state index in [1.165, 1.54) is 7.11 Å². The zero-order valence-corrected chi connectivity index (χ0v) is 10.9. The van der Waals surface area contributed by atoms with Crippen molar-refractivity contribution in [3.8, 4) is 6.01 Å². The smallest absolute Gasteiger partial charge is 0.336 e. The molecule has 0 aliphatic carbocycles. The number of furan rings is 1. The van der Waals surface area contributed by atoms with E-state index in [1.807, 2.05) is 25.1 Å². The van der Waals surface area contributed by atoms with Crippen molar-refractivity contribution in [3.05, 3.63) is 35.6 Å². The van der Waals surface area contributed by atoms with Gasteiger partial charge in [-0.15, -0.1) is 5.10 Å². The monoisotopic (exact) mass is 272 g/mol. The third kappa shape index (κ3) is 2.20. The lowest BCUT2D eigenvalue weighted by Gasteiger charge is -1.96. The molecule has 0 fully saturated rings. The Bertz CT molecular complexity index is 775. The van der Waals surface area contributed by atoms with Crippen LogP contribution in [0.3, 0.4) is 0 Å². The molecule has 0 bridgehead atoms. The molecule has 0 spiro atoms. The van der Waals surface area contributed by atoms with Gasteiger partial charge in [-0.1, -0.05) is 11.6 Å². The molecule has 0 saturated carbocycles. The Morgan fingerprint density at radius 3 is 3.00 bits per heavy atom. The molecular formula is C13H12N4O3. The van der Waals surface area contributed by atoms with Gasteiger partial charge >= 0.3 is 6.01 Å². The fourth-order valence-electron chi connectivity index (χ4n) is 1.84. The van der Waals surface area contributed by atoms with Crippen molar-refractivity contribution < 1.29 is 13.9 Å². The second-order valence-electron chi connectivity index (χ2n) is 4.28. The van der Waals surface area contributed by atoms with Gasteiger partial charge in [0.25, 0.3) is 5.91 Å². The number of rotatable bonds is 3. The predicted molar refractivity (Wildman–Crippen MR) is 71.8 cm³/mol. The van der Waals surface area contributed by atoms with E-state index in [9.17, 15) is 4.79 Å². The molecule has 0 atom stereocenters. The van der Waals surface area contributed by atoms with Crippen LogP contribution in [-0.4, -0.2) is 28.2 Å². The van der Waals surface area contributed by atoms with E-state index in [1.54, 1.807) is 6.07 Å². The Morgan fingerprint density at radius 2 is 2.25 bits per heavy atom. The molecule has 0 unspecified atom stereocenters. The summed E-state index contributed by atoms with van der Waals surface area (Å²) < 4.78 is 10.3. The minimum Gasteiger partial charge on any atom is -0.466 e. The van der Waals surface area contributed by atoms with Gasteiger partial charge in [0.1, 0.15) is 5.58 Å². The Balaban J connectivity index is 1.84. The van der Waals surface area contributed by atoms with Crippen molar-refractivity contribution in [1.29, 1.82) is 0 Å². The highest BCUT2D eigenvalue weighted by Gasteiger charge is 2.14. The summed E-state index contributed by atoms with van der Waals surface area (Å²) >= 11 is 0. The van der Waals surface area contributed by atoms with Crippen LogP contribution in [0, 0.1) is 6.92 Å². The summed E-state index contributed by atoms with van der Waals surface area (Å²) in [6, 6.07) is 7.55. The lowest BCUT2D eigenvalue weighted by Crippen LogP contribution is -2.11. The van der Waals surface area contributed by atoms with Crippen LogP contribution in [0.5, 0.6) is 6.01 Å². The van der Waals surface area contributed by atoms with Gasteiger partial charge in [0.05, 0.1) is 7.11 Å². The van der Waals surface area contributed by atoms with Gasteiger partial charge in [-0.05, 0) is 25.1 Å². The van der Waals surface area contributed by atoms with Crippen molar-refractivity contribution in [2.45, 2.75) is 6.92 Å². The van der Waals surface area contributed by atoms with Gasteiger partial charge in [0.2, 0.25) is 5.95 Å². The number of carbonyl (C=O) groups is 1. The number of fused-ring (bicyclic) bond motifs is 1. The maximum absolute atomic E-state index is 12.0. The predicted octanol–water partition coefficient (Wildman–Crippen LogP) is 2.12. The zero-order valence-electron chi connectivity index (χ0n) is 10.9. The van der Waals surface area contributed by atoms with E-state index in [2.05, 4.69) is 20.5 Å². The van der Waals surface area contributed by atoms with E-state index in [-0.39, 0.29) is 17.7 Å². The number of anilines is 1. The maximum Gasteiger partial charge on any atom is 0.336 e. The number of benzene rings is 1. The molecule has 2 N–H and O–H groups in total. The third-order valence-electron chi connectivity index (χ3n) is 2.77. The summed E-state index contributed by atoms with van der Waals surface area (Å²) in [4.78, 5) is 15.9. The SMILES string of the molecule is COc1n[nH]c(NC(=O)c2cc3cc(C)ccc3o2)n1. The molecule has 7 heteroatoms. The molecular weight excluding hydrogens is 260 g/mol. The van der Waals surface area contributed by atoms with Crippen molar-refractivity contribution in [3.63, 3.8) is 0 Å². The number of H-pyrrole nitrogens is 1. The van der Waals surface area contributed by atoms with Crippen LogP contribution >= 0.6 is 0 Å². The molecule has 1 amide bonds. The van der Waals surface area contributed by atoms with Crippen molar-refractivity contribution >= 4 is 22.8 Å². The number of aromatic nitrogens is 3. The van der Waals surface area contributed by atoms with Crippen molar-refractivity contribution in [1.82, 2.24) is 15.2 Å². The summed E-state index contributed by atoms with van der Waals surface area (Å²) in [5.74, 6) is 0.00195. The second kappa shape index (κ2) is 4.69. The van der Waals surface area contributed by atoms with Gasteiger partial charge in [-0.25, -0.2) is 5.10 Å². The number of methoxy groups -OCH3 is 1. The maximum atomic E-state index is 12.0. The van der Waals surface area contributed by atoms with Crippen LogP contribution in [0.1, 0.15) is 16.1 Å². The summed E-state index contributed by atoms with van der Waals surface area (Å²) in [5.41, 5.74) is 1.76. The Morgan fingerprint density at radius 1 is 1.40 bits per heavy atom. The number of aromatic amines is 1. The Hall–Kier alpha value is -2.83. The highest BCUT2D eigenvalue weighted by Crippen LogP contribution is 2.21. The van der Waals surface area contributed by atoms with Gasteiger partial charge in [-0.3, -0.25) is 10.1 Å². The van der Waals surface area contributed by atoms with Gasteiger partial charge in [-0.2, -0.15) is 4.98 Å². The molecule has 3 aromatic rings. The van der Waals surface area contributed by atoms with E-state index >= 15 is 0 Å². The zero-order chi connectivity index (χ0) is 14.1. The number of nitrogens with one attached hydrogen (secondary N) is 2. The lowest BCUT2D eigenvalue weighted by molar-refractivity contribution is 0.0998. The molecule has 2 aromatic heterocycles. The quantitative estimate of drug-likeness (QED) is 0.761. The summed E-state index contributed by atoms with van der Waals surface area (Å²) in [6.07, 6.45) is 0. The number of nitrogens with zero attached hydrogens (tertiary/aromatic N) is 2. The lowest BCUT2D eigenvalue weighted by atomic mass is 10.2.